The fourth-order valence-corrected chi connectivity index (χ4v) is 0.703. The summed E-state index contributed by atoms with van der Waals surface area (Å²) < 4.78 is 14.6. The first-order valence-corrected chi connectivity index (χ1v) is 4.48. The SMILES string of the molecule is COC(=O)NCCOCCOCCN. The number of amides is 1. The maximum Gasteiger partial charge on any atom is 0.406 e. The Hall–Kier alpha value is -0.850. The minimum atomic E-state index is -0.451. The molecule has 0 aromatic rings. The normalized spacial score (nSPS) is 9.86. The van der Waals surface area contributed by atoms with Crippen LogP contribution in [0, 0.1) is 0 Å². The molecular weight excluding hydrogens is 188 g/mol. The van der Waals surface area contributed by atoms with Crippen molar-refractivity contribution in [1.82, 2.24) is 5.32 Å². The maximum atomic E-state index is 10.6. The number of nitrogens with two attached hydrogens (primary N) is 1. The highest BCUT2D eigenvalue weighted by atomic mass is 16.5. The second-order valence-electron chi connectivity index (χ2n) is 2.43. The monoisotopic (exact) mass is 206 g/mol. The molecule has 0 aromatic heterocycles. The van der Waals surface area contributed by atoms with Crippen molar-refractivity contribution in [2.75, 3.05) is 46.6 Å². The number of ether oxygens (including phenoxy) is 3. The summed E-state index contributed by atoms with van der Waals surface area (Å²) in [5.74, 6) is 0. The van der Waals surface area contributed by atoms with Crippen LogP contribution in [0.3, 0.4) is 0 Å². The predicted octanol–water partition coefficient (Wildman–Crippen LogP) is -0.666. The van der Waals surface area contributed by atoms with Crippen molar-refractivity contribution in [2.45, 2.75) is 0 Å². The zero-order valence-electron chi connectivity index (χ0n) is 8.45. The number of carbonyl (C=O) groups excluding carboxylic acids is 1. The summed E-state index contributed by atoms with van der Waals surface area (Å²) in [4.78, 5) is 10.6. The Labute approximate surface area is 83.7 Å². The quantitative estimate of drug-likeness (QED) is 0.515. The first kappa shape index (κ1) is 13.2. The molecule has 6 heteroatoms. The molecule has 0 fully saturated rings. The molecule has 1 amide bonds. The molecule has 0 aliphatic carbocycles. The van der Waals surface area contributed by atoms with Crippen LogP contribution in [0.25, 0.3) is 0 Å². The van der Waals surface area contributed by atoms with E-state index in [0.29, 0.717) is 39.5 Å². The van der Waals surface area contributed by atoms with Crippen LogP contribution in [0.5, 0.6) is 0 Å². The summed E-state index contributed by atoms with van der Waals surface area (Å²) in [5, 5.41) is 2.49. The van der Waals surface area contributed by atoms with Gasteiger partial charge in [-0.1, -0.05) is 0 Å². The maximum absolute atomic E-state index is 10.6. The molecule has 6 nitrogen and oxygen atoms in total. The number of methoxy groups -OCH3 is 1. The number of carbonyl (C=O) groups is 1. The first-order valence-electron chi connectivity index (χ1n) is 4.48. The van der Waals surface area contributed by atoms with Crippen molar-refractivity contribution in [2.24, 2.45) is 5.73 Å². The first-order chi connectivity index (χ1) is 6.81. The van der Waals surface area contributed by atoms with Crippen LogP contribution >= 0.6 is 0 Å². The highest BCUT2D eigenvalue weighted by Gasteiger charge is 1.95. The number of hydrogen-bond donors (Lipinski definition) is 2. The Morgan fingerprint density at radius 3 is 2.43 bits per heavy atom. The Bertz CT molecular complexity index is 143. The molecule has 0 atom stereocenters. The van der Waals surface area contributed by atoms with E-state index in [-0.39, 0.29) is 0 Å². The van der Waals surface area contributed by atoms with Gasteiger partial charge in [-0.25, -0.2) is 4.79 Å². The van der Waals surface area contributed by atoms with Crippen LogP contribution in [0.2, 0.25) is 0 Å². The van der Waals surface area contributed by atoms with Crippen LogP contribution in [0.15, 0.2) is 0 Å². The molecule has 3 N–H and O–H groups in total. The van der Waals surface area contributed by atoms with E-state index in [1.54, 1.807) is 0 Å². The van der Waals surface area contributed by atoms with Crippen molar-refractivity contribution in [1.29, 1.82) is 0 Å². The number of alkyl carbamates (subject to hydrolysis) is 1. The largest absolute Gasteiger partial charge is 0.453 e. The Kier molecular flexibility index (Phi) is 9.61. The summed E-state index contributed by atoms with van der Waals surface area (Å²) in [7, 11) is 1.32. The third-order valence-electron chi connectivity index (χ3n) is 1.34. The number of rotatable bonds is 8. The van der Waals surface area contributed by atoms with Gasteiger partial charge in [-0.15, -0.1) is 0 Å². The summed E-state index contributed by atoms with van der Waals surface area (Å²) >= 11 is 0. The summed E-state index contributed by atoms with van der Waals surface area (Å²) in [6.45, 7) is 2.97. The standard InChI is InChI=1S/C8H18N2O4/c1-12-8(11)10-3-5-14-7-6-13-4-2-9/h2-7,9H2,1H3,(H,10,11). The van der Waals surface area contributed by atoms with Crippen molar-refractivity contribution in [3.63, 3.8) is 0 Å². The van der Waals surface area contributed by atoms with E-state index in [9.17, 15) is 4.79 Å². The smallest absolute Gasteiger partial charge is 0.406 e. The van der Waals surface area contributed by atoms with Gasteiger partial charge in [-0.3, -0.25) is 0 Å². The van der Waals surface area contributed by atoms with E-state index < -0.39 is 6.09 Å². The number of hydrogen-bond acceptors (Lipinski definition) is 5. The van der Waals surface area contributed by atoms with Crippen LogP contribution in [-0.2, 0) is 14.2 Å². The number of nitrogens with one attached hydrogen (secondary N) is 1. The molecule has 0 aromatic carbocycles. The van der Waals surface area contributed by atoms with Crippen LogP contribution < -0.4 is 11.1 Å². The highest BCUT2D eigenvalue weighted by Crippen LogP contribution is 1.78. The van der Waals surface area contributed by atoms with Gasteiger partial charge in [0.05, 0.1) is 33.5 Å². The van der Waals surface area contributed by atoms with Crippen LogP contribution in [0.1, 0.15) is 0 Å². The molecule has 14 heavy (non-hydrogen) atoms. The second-order valence-corrected chi connectivity index (χ2v) is 2.43. The van der Waals surface area contributed by atoms with Crippen LogP contribution in [0.4, 0.5) is 4.79 Å². The Morgan fingerprint density at radius 1 is 1.21 bits per heavy atom. The molecule has 0 saturated heterocycles. The van der Waals surface area contributed by atoms with Gasteiger partial charge in [-0.2, -0.15) is 0 Å². The minimum absolute atomic E-state index is 0.434. The lowest BCUT2D eigenvalue weighted by atomic mass is 10.6. The average Bonchev–Trinajstić information content (AvgIpc) is 2.21. The van der Waals surface area contributed by atoms with Gasteiger partial charge in [0.15, 0.2) is 0 Å². The van der Waals surface area contributed by atoms with E-state index >= 15 is 0 Å². The predicted molar refractivity (Wildman–Crippen MR) is 51.1 cm³/mol. The molecule has 0 bridgehead atoms. The zero-order chi connectivity index (χ0) is 10.6. The van der Waals surface area contributed by atoms with Crippen molar-refractivity contribution >= 4 is 6.09 Å². The third kappa shape index (κ3) is 9.24. The van der Waals surface area contributed by atoms with E-state index in [2.05, 4.69) is 10.1 Å². The van der Waals surface area contributed by atoms with Gasteiger partial charge in [-0.05, 0) is 0 Å². The summed E-state index contributed by atoms with van der Waals surface area (Å²) in [6, 6.07) is 0. The van der Waals surface area contributed by atoms with E-state index in [1.807, 2.05) is 0 Å². The zero-order valence-corrected chi connectivity index (χ0v) is 8.45. The molecule has 0 rings (SSSR count). The van der Waals surface area contributed by atoms with Gasteiger partial charge < -0.3 is 25.3 Å². The molecule has 0 radical (unpaired) electrons. The van der Waals surface area contributed by atoms with Gasteiger partial charge >= 0.3 is 6.09 Å². The topological polar surface area (TPSA) is 82.8 Å². The molecule has 0 saturated carbocycles. The second kappa shape index (κ2) is 10.2. The molecule has 84 valence electrons. The van der Waals surface area contributed by atoms with E-state index in [1.165, 1.54) is 7.11 Å². The fourth-order valence-electron chi connectivity index (χ4n) is 0.703. The third-order valence-corrected chi connectivity index (χ3v) is 1.34. The lowest BCUT2D eigenvalue weighted by molar-refractivity contribution is 0.0516. The van der Waals surface area contributed by atoms with Crippen molar-refractivity contribution in [3.05, 3.63) is 0 Å². The Morgan fingerprint density at radius 2 is 1.86 bits per heavy atom. The van der Waals surface area contributed by atoms with Gasteiger partial charge in [0.2, 0.25) is 0 Å². The lowest BCUT2D eigenvalue weighted by Crippen LogP contribution is -2.27. The highest BCUT2D eigenvalue weighted by molar-refractivity contribution is 5.66. The summed E-state index contributed by atoms with van der Waals surface area (Å²) in [6.07, 6.45) is -0.451. The van der Waals surface area contributed by atoms with Crippen molar-refractivity contribution < 1.29 is 19.0 Å². The minimum Gasteiger partial charge on any atom is -0.453 e. The molecular formula is C8H18N2O4. The lowest BCUT2D eigenvalue weighted by Gasteiger charge is -2.05. The molecule has 0 spiro atoms. The van der Waals surface area contributed by atoms with Crippen LogP contribution in [-0.4, -0.2) is 52.7 Å². The van der Waals surface area contributed by atoms with E-state index in [0.717, 1.165) is 0 Å². The fraction of sp³-hybridized carbons (Fsp3) is 0.875. The molecule has 0 unspecified atom stereocenters. The van der Waals surface area contributed by atoms with Crippen molar-refractivity contribution in [3.8, 4) is 0 Å². The molecule has 0 aliphatic rings. The Balaban J connectivity index is 2.95. The van der Waals surface area contributed by atoms with Gasteiger partial charge in [0.25, 0.3) is 0 Å². The van der Waals surface area contributed by atoms with E-state index in [4.69, 9.17) is 15.2 Å². The average molecular weight is 206 g/mol. The van der Waals surface area contributed by atoms with Gasteiger partial charge in [0.1, 0.15) is 0 Å². The van der Waals surface area contributed by atoms with Gasteiger partial charge in [0, 0.05) is 13.1 Å². The molecule has 0 heterocycles. The summed E-state index contributed by atoms with van der Waals surface area (Å²) in [5.41, 5.74) is 5.21. The molecule has 0 aliphatic heterocycles.